The van der Waals surface area contributed by atoms with Gasteiger partial charge in [0.05, 0.1) is 0 Å². The first-order valence-corrected chi connectivity index (χ1v) is 4.92. The third kappa shape index (κ3) is 5.66. The van der Waals surface area contributed by atoms with Crippen LogP contribution in [0.25, 0.3) is 0 Å². The van der Waals surface area contributed by atoms with Crippen molar-refractivity contribution in [2.24, 2.45) is 5.73 Å². The number of rotatable bonds is 4. The van der Waals surface area contributed by atoms with E-state index in [0.29, 0.717) is 0 Å². The van der Waals surface area contributed by atoms with Gasteiger partial charge in [-0.1, -0.05) is 61.7 Å². The minimum Gasteiger partial charge on any atom is -0.333 e. The zero-order valence-corrected chi connectivity index (χ0v) is 9.32. The van der Waals surface area contributed by atoms with Crippen LogP contribution < -0.4 is 5.73 Å². The van der Waals surface area contributed by atoms with Crippen LogP contribution in [0.5, 0.6) is 0 Å². The van der Waals surface area contributed by atoms with E-state index >= 15 is 0 Å². The summed E-state index contributed by atoms with van der Waals surface area (Å²) in [7, 11) is 1.50. The largest absolute Gasteiger partial charge is 0.333 e. The lowest BCUT2D eigenvalue weighted by molar-refractivity contribution is 1.20. The van der Waals surface area contributed by atoms with Gasteiger partial charge in [0.1, 0.15) is 0 Å². The Balaban J connectivity index is 0.000000921. The number of hydrogen-bond acceptors (Lipinski definition) is 1. The molecule has 80 valence electrons. The normalized spacial score (nSPS) is 9.87. The fraction of sp³-hybridized carbons (Fsp3) is 0.143. The maximum Gasteiger partial charge on any atom is -0.00260 e. The zero-order chi connectivity index (χ0) is 11.5. The van der Waals surface area contributed by atoms with E-state index < -0.39 is 0 Å². The summed E-state index contributed by atoms with van der Waals surface area (Å²) in [6, 6.07) is 10.3. The second-order valence-electron chi connectivity index (χ2n) is 2.84. The average molecular weight is 201 g/mol. The van der Waals surface area contributed by atoms with Crippen LogP contribution in [0.2, 0.25) is 0 Å². The quantitative estimate of drug-likeness (QED) is 0.744. The smallest absolute Gasteiger partial charge is 0.00260 e. The summed E-state index contributed by atoms with van der Waals surface area (Å²) >= 11 is 0. The van der Waals surface area contributed by atoms with E-state index in [1.54, 1.807) is 6.08 Å². The van der Waals surface area contributed by atoms with Crippen molar-refractivity contribution in [1.29, 1.82) is 0 Å². The van der Waals surface area contributed by atoms with Crippen molar-refractivity contribution < 1.29 is 0 Å². The lowest BCUT2D eigenvalue weighted by atomic mass is 10.1. The molecule has 0 spiro atoms. The van der Waals surface area contributed by atoms with E-state index in [1.807, 2.05) is 30.4 Å². The number of benzene rings is 1. The fourth-order valence-corrected chi connectivity index (χ4v) is 1.18. The minimum atomic E-state index is 0.927. The van der Waals surface area contributed by atoms with Crippen molar-refractivity contribution in [3.63, 3.8) is 0 Å². The Labute approximate surface area is 92.6 Å². The standard InChI is InChI=1S/C13H14.CH5N/c1-3-8-12(4-2)11-13-9-6-5-7-10-13;1-2/h3-10H,1-2,11H2;2H2,1H3/b12-8+;. The molecule has 0 fully saturated rings. The molecule has 0 aliphatic heterocycles. The highest BCUT2D eigenvalue weighted by Gasteiger charge is 1.92. The first kappa shape index (κ1) is 13.4. The van der Waals surface area contributed by atoms with Gasteiger partial charge in [0.15, 0.2) is 0 Å². The molecule has 0 saturated heterocycles. The summed E-state index contributed by atoms with van der Waals surface area (Å²) in [5.41, 5.74) is 7.00. The summed E-state index contributed by atoms with van der Waals surface area (Å²) in [5.74, 6) is 0. The molecule has 0 aliphatic rings. The van der Waals surface area contributed by atoms with E-state index in [2.05, 4.69) is 31.0 Å². The van der Waals surface area contributed by atoms with E-state index in [-0.39, 0.29) is 0 Å². The van der Waals surface area contributed by atoms with Gasteiger partial charge < -0.3 is 5.73 Å². The summed E-state index contributed by atoms with van der Waals surface area (Å²) in [5, 5.41) is 0. The van der Waals surface area contributed by atoms with Gasteiger partial charge >= 0.3 is 0 Å². The number of nitrogens with two attached hydrogens (primary N) is 1. The predicted molar refractivity (Wildman–Crippen MR) is 68.7 cm³/mol. The number of allylic oxidation sites excluding steroid dienone is 4. The Bertz CT molecular complexity index is 309. The Morgan fingerprint density at radius 2 is 1.80 bits per heavy atom. The Kier molecular flexibility index (Phi) is 8.02. The van der Waals surface area contributed by atoms with Gasteiger partial charge in [-0.25, -0.2) is 0 Å². The van der Waals surface area contributed by atoms with Crippen molar-refractivity contribution >= 4 is 0 Å². The molecule has 0 bridgehead atoms. The third-order valence-corrected chi connectivity index (χ3v) is 1.85. The van der Waals surface area contributed by atoms with Gasteiger partial charge in [-0.3, -0.25) is 0 Å². The Hall–Kier alpha value is -1.60. The molecule has 0 unspecified atom stereocenters. The van der Waals surface area contributed by atoms with Gasteiger partial charge in [-0.2, -0.15) is 0 Å². The van der Waals surface area contributed by atoms with Crippen LogP contribution in [0.3, 0.4) is 0 Å². The monoisotopic (exact) mass is 201 g/mol. The summed E-state index contributed by atoms with van der Waals surface area (Å²) < 4.78 is 0. The van der Waals surface area contributed by atoms with Crippen molar-refractivity contribution in [2.75, 3.05) is 7.05 Å². The molecule has 0 amide bonds. The molecule has 2 N–H and O–H groups in total. The highest BCUT2D eigenvalue weighted by molar-refractivity contribution is 5.29. The fourth-order valence-electron chi connectivity index (χ4n) is 1.18. The molecule has 0 saturated carbocycles. The molecule has 0 radical (unpaired) electrons. The van der Waals surface area contributed by atoms with E-state index in [0.717, 1.165) is 6.42 Å². The zero-order valence-electron chi connectivity index (χ0n) is 9.32. The van der Waals surface area contributed by atoms with Gasteiger partial charge in [0, 0.05) is 0 Å². The van der Waals surface area contributed by atoms with Gasteiger partial charge in [-0.05, 0) is 24.6 Å². The topological polar surface area (TPSA) is 26.0 Å². The molecule has 1 heteroatoms. The van der Waals surface area contributed by atoms with Gasteiger partial charge in [-0.15, -0.1) is 0 Å². The Morgan fingerprint density at radius 3 is 2.27 bits per heavy atom. The van der Waals surface area contributed by atoms with Crippen LogP contribution in [0, 0.1) is 0 Å². The maximum atomic E-state index is 4.50. The third-order valence-electron chi connectivity index (χ3n) is 1.85. The molecule has 1 nitrogen and oxygen atoms in total. The molecule has 0 atom stereocenters. The van der Waals surface area contributed by atoms with E-state index in [4.69, 9.17) is 0 Å². The Morgan fingerprint density at radius 1 is 1.20 bits per heavy atom. The van der Waals surface area contributed by atoms with Crippen LogP contribution in [0.4, 0.5) is 0 Å². The SMILES string of the molecule is C=C/C=C(\C=C)Cc1ccccc1.CN. The molecule has 1 aromatic carbocycles. The second-order valence-corrected chi connectivity index (χ2v) is 2.84. The minimum absolute atomic E-state index is 0.927. The highest BCUT2D eigenvalue weighted by atomic mass is 14.4. The van der Waals surface area contributed by atoms with Crippen molar-refractivity contribution in [3.05, 3.63) is 72.9 Å². The molecule has 1 rings (SSSR count). The molecule has 0 heterocycles. The second kappa shape index (κ2) is 8.97. The lowest BCUT2D eigenvalue weighted by Crippen LogP contribution is -1.86. The molecular formula is C14H19N. The first-order chi connectivity index (χ1) is 7.36. The molecule has 0 aliphatic carbocycles. The van der Waals surface area contributed by atoms with Crippen LogP contribution >= 0.6 is 0 Å². The van der Waals surface area contributed by atoms with E-state index in [9.17, 15) is 0 Å². The molecule has 1 aromatic rings. The predicted octanol–water partition coefficient (Wildman–Crippen LogP) is 3.10. The highest BCUT2D eigenvalue weighted by Crippen LogP contribution is 2.08. The van der Waals surface area contributed by atoms with Gasteiger partial charge in [0.2, 0.25) is 0 Å². The summed E-state index contributed by atoms with van der Waals surface area (Å²) in [4.78, 5) is 0. The first-order valence-electron chi connectivity index (χ1n) is 4.92. The summed E-state index contributed by atoms with van der Waals surface area (Å²) in [6.45, 7) is 7.43. The average Bonchev–Trinajstić information content (AvgIpc) is 2.32. The number of hydrogen-bond donors (Lipinski definition) is 1. The van der Waals surface area contributed by atoms with E-state index in [1.165, 1.54) is 18.2 Å². The van der Waals surface area contributed by atoms with Crippen LogP contribution in [0.15, 0.2) is 67.3 Å². The molecule has 0 aromatic heterocycles. The van der Waals surface area contributed by atoms with Crippen molar-refractivity contribution in [3.8, 4) is 0 Å². The molecule has 15 heavy (non-hydrogen) atoms. The van der Waals surface area contributed by atoms with Crippen LogP contribution in [0.1, 0.15) is 5.56 Å². The van der Waals surface area contributed by atoms with Crippen LogP contribution in [-0.4, -0.2) is 7.05 Å². The maximum absolute atomic E-state index is 4.50. The van der Waals surface area contributed by atoms with Crippen LogP contribution in [-0.2, 0) is 6.42 Å². The lowest BCUT2D eigenvalue weighted by Gasteiger charge is -2.00. The van der Waals surface area contributed by atoms with Gasteiger partial charge in [0.25, 0.3) is 0 Å². The van der Waals surface area contributed by atoms with Crippen molar-refractivity contribution in [1.82, 2.24) is 0 Å². The molecular weight excluding hydrogens is 182 g/mol. The van der Waals surface area contributed by atoms with Crippen molar-refractivity contribution in [2.45, 2.75) is 6.42 Å². The summed E-state index contributed by atoms with van der Waals surface area (Å²) in [6.07, 6.45) is 6.57.